The van der Waals surface area contributed by atoms with Crippen molar-refractivity contribution in [1.82, 2.24) is 24.6 Å². The van der Waals surface area contributed by atoms with Crippen molar-refractivity contribution >= 4 is 50.7 Å². The fraction of sp³-hybridized carbons (Fsp3) is 0.136. The van der Waals surface area contributed by atoms with Gasteiger partial charge in [-0.25, -0.2) is 9.97 Å². The minimum absolute atomic E-state index is 0.0231. The lowest BCUT2D eigenvalue weighted by molar-refractivity contribution is -0.115. The second kappa shape index (κ2) is 8.56. The molecule has 2 aromatic carbocycles. The van der Waals surface area contributed by atoms with Crippen molar-refractivity contribution in [2.75, 3.05) is 5.32 Å². The van der Waals surface area contributed by atoms with Gasteiger partial charge in [0.05, 0.1) is 15.9 Å². The van der Waals surface area contributed by atoms with Crippen LogP contribution < -0.4 is 10.9 Å². The zero-order chi connectivity index (χ0) is 22.1. The molecule has 0 aliphatic rings. The molecule has 5 aromatic rings. The number of hydrogen-bond acceptors (Lipinski definition) is 7. The lowest BCUT2D eigenvalue weighted by Crippen LogP contribution is -2.15. The van der Waals surface area contributed by atoms with E-state index in [0.29, 0.717) is 29.5 Å². The quantitative estimate of drug-likeness (QED) is 0.364. The van der Waals surface area contributed by atoms with Gasteiger partial charge in [-0.3, -0.25) is 14.7 Å². The summed E-state index contributed by atoms with van der Waals surface area (Å²) in [4.78, 5) is 37.8. The summed E-state index contributed by atoms with van der Waals surface area (Å²) >= 11 is 3.06. The normalized spacial score (nSPS) is 11.3. The van der Waals surface area contributed by atoms with Crippen LogP contribution in [0.2, 0.25) is 0 Å². The van der Waals surface area contributed by atoms with E-state index in [-0.39, 0.29) is 11.5 Å². The van der Waals surface area contributed by atoms with Gasteiger partial charge in [-0.15, -0.1) is 11.3 Å². The molecule has 0 unspecified atom stereocenters. The van der Waals surface area contributed by atoms with E-state index in [4.69, 9.17) is 0 Å². The van der Waals surface area contributed by atoms with Gasteiger partial charge in [-0.2, -0.15) is 9.50 Å². The number of H-pyrrole nitrogens is 1. The number of fused-ring (bicyclic) bond motifs is 2. The van der Waals surface area contributed by atoms with Crippen LogP contribution in [0.1, 0.15) is 19.0 Å². The van der Waals surface area contributed by atoms with Crippen molar-refractivity contribution in [1.29, 1.82) is 0 Å². The van der Waals surface area contributed by atoms with E-state index in [0.717, 1.165) is 25.8 Å². The largest absolute Gasteiger partial charge is 0.326 e. The SMILES string of the molecule is CCC(=O)Nc1ccc2nc(SCc3cc(=O)n4[nH]c(-c5ccccc5)nc4n3)sc2c1. The van der Waals surface area contributed by atoms with E-state index >= 15 is 0 Å². The van der Waals surface area contributed by atoms with Crippen LogP contribution >= 0.6 is 23.1 Å². The second-order valence-electron chi connectivity index (χ2n) is 7.01. The maximum Gasteiger partial charge on any atom is 0.274 e. The van der Waals surface area contributed by atoms with Crippen LogP contribution in [0.5, 0.6) is 0 Å². The first-order chi connectivity index (χ1) is 15.6. The van der Waals surface area contributed by atoms with Crippen LogP contribution in [0.4, 0.5) is 5.69 Å². The molecule has 0 saturated carbocycles. The Balaban J connectivity index is 1.36. The van der Waals surface area contributed by atoms with E-state index in [1.54, 1.807) is 11.3 Å². The van der Waals surface area contributed by atoms with Crippen molar-refractivity contribution in [2.24, 2.45) is 0 Å². The van der Waals surface area contributed by atoms with Crippen LogP contribution in [0.25, 0.3) is 27.4 Å². The first kappa shape index (κ1) is 20.4. The number of carbonyl (C=O) groups excluding carboxylic acids is 1. The minimum Gasteiger partial charge on any atom is -0.326 e. The zero-order valence-corrected chi connectivity index (χ0v) is 18.7. The van der Waals surface area contributed by atoms with Crippen molar-refractivity contribution in [3.63, 3.8) is 0 Å². The molecule has 0 spiro atoms. The summed E-state index contributed by atoms with van der Waals surface area (Å²) in [5.41, 5.74) is 2.95. The fourth-order valence-corrected chi connectivity index (χ4v) is 5.15. The molecule has 0 bridgehead atoms. The van der Waals surface area contributed by atoms with E-state index in [1.165, 1.54) is 22.3 Å². The average Bonchev–Trinajstić information content (AvgIpc) is 3.42. The molecule has 10 heteroatoms. The van der Waals surface area contributed by atoms with E-state index in [1.807, 2.05) is 55.5 Å². The highest BCUT2D eigenvalue weighted by atomic mass is 32.2. The number of hydrogen-bond donors (Lipinski definition) is 2. The molecule has 1 amide bonds. The number of amides is 1. The van der Waals surface area contributed by atoms with Crippen LogP contribution in [0.3, 0.4) is 0 Å². The third kappa shape index (κ3) is 4.14. The van der Waals surface area contributed by atoms with Crippen LogP contribution in [0.15, 0.2) is 63.7 Å². The molecule has 0 radical (unpaired) electrons. The molecule has 0 aliphatic heterocycles. The van der Waals surface area contributed by atoms with Gasteiger partial charge in [0, 0.05) is 29.5 Å². The summed E-state index contributed by atoms with van der Waals surface area (Å²) in [5, 5.41) is 5.87. The van der Waals surface area contributed by atoms with Gasteiger partial charge < -0.3 is 5.32 Å². The van der Waals surface area contributed by atoms with Gasteiger partial charge in [-0.05, 0) is 18.2 Å². The Labute approximate surface area is 190 Å². The van der Waals surface area contributed by atoms with Gasteiger partial charge in [0.25, 0.3) is 11.3 Å². The summed E-state index contributed by atoms with van der Waals surface area (Å²) in [7, 11) is 0. The number of thiazole rings is 1. The smallest absolute Gasteiger partial charge is 0.274 e. The lowest BCUT2D eigenvalue weighted by Gasteiger charge is -2.02. The summed E-state index contributed by atoms with van der Waals surface area (Å²) < 4.78 is 3.21. The number of thioether (sulfide) groups is 1. The minimum atomic E-state index is -0.208. The molecule has 0 aliphatic carbocycles. The van der Waals surface area contributed by atoms with Gasteiger partial charge in [0.2, 0.25) is 5.91 Å². The molecular weight excluding hydrogens is 444 g/mol. The third-order valence-corrected chi connectivity index (χ3v) is 6.94. The first-order valence-electron chi connectivity index (χ1n) is 9.96. The predicted octanol–water partition coefficient (Wildman–Crippen LogP) is 4.34. The number of carbonyl (C=O) groups is 1. The number of rotatable bonds is 6. The highest BCUT2D eigenvalue weighted by Gasteiger charge is 2.11. The Morgan fingerprint density at radius 2 is 1.97 bits per heavy atom. The Bertz CT molecular complexity index is 1490. The molecule has 8 nitrogen and oxygen atoms in total. The molecule has 5 rings (SSSR count). The van der Waals surface area contributed by atoms with Crippen LogP contribution in [-0.4, -0.2) is 30.5 Å². The molecule has 2 N–H and O–H groups in total. The van der Waals surface area contributed by atoms with E-state index in [2.05, 4.69) is 25.4 Å². The summed E-state index contributed by atoms with van der Waals surface area (Å²) in [6.45, 7) is 1.82. The first-order valence-corrected chi connectivity index (χ1v) is 11.8. The predicted molar refractivity (Wildman–Crippen MR) is 127 cm³/mol. The van der Waals surface area contributed by atoms with Gasteiger partial charge in [0.15, 0.2) is 10.2 Å². The molecule has 0 saturated heterocycles. The van der Waals surface area contributed by atoms with Crippen molar-refractivity contribution < 1.29 is 4.79 Å². The lowest BCUT2D eigenvalue weighted by atomic mass is 10.2. The third-order valence-electron chi connectivity index (χ3n) is 4.75. The van der Waals surface area contributed by atoms with Gasteiger partial charge >= 0.3 is 0 Å². The van der Waals surface area contributed by atoms with Crippen molar-refractivity contribution in [3.8, 4) is 11.4 Å². The monoisotopic (exact) mass is 462 g/mol. The Morgan fingerprint density at radius 3 is 2.78 bits per heavy atom. The highest BCUT2D eigenvalue weighted by Crippen LogP contribution is 2.32. The van der Waals surface area contributed by atoms with Crippen LogP contribution in [-0.2, 0) is 10.5 Å². The maximum absolute atomic E-state index is 12.5. The van der Waals surface area contributed by atoms with Gasteiger partial charge in [0.1, 0.15) is 0 Å². The molecule has 3 heterocycles. The maximum atomic E-state index is 12.5. The van der Waals surface area contributed by atoms with E-state index < -0.39 is 0 Å². The fourth-order valence-electron chi connectivity index (χ4n) is 3.15. The molecule has 0 atom stereocenters. The number of nitrogens with zero attached hydrogens (tertiary/aromatic N) is 4. The zero-order valence-electron chi connectivity index (χ0n) is 17.0. The molecule has 32 heavy (non-hydrogen) atoms. The topological polar surface area (TPSA) is 105 Å². The number of anilines is 1. The summed E-state index contributed by atoms with van der Waals surface area (Å²) in [6.07, 6.45) is 0.433. The number of aromatic amines is 1. The molecule has 160 valence electrons. The number of benzene rings is 2. The standard InChI is InChI=1S/C22H18N6O2S2/c1-2-18(29)23-14-8-9-16-17(10-14)32-22(25-16)31-12-15-11-19(30)28-21(24-15)26-20(27-28)13-6-4-3-5-7-13/h3-11H,2,12H2,1H3,(H,23,29)(H,24,26,27). The van der Waals surface area contributed by atoms with Crippen molar-refractivity contribution in [2.45, 2.75) is 23.4 Å². The van der Waals surface area contributed by atoms with Crippen LogP contribution in [0, 0.1) is 0 Å². The Hall–Kier alpha value is -3.50. The highest BCUT2D eigenvalue weighted by molar-refractivity contribution is 8.00. The van der Waals surface area contributed by atoms with Gasteiger partial charge in [-0.1, -0.05) is 49.0 Å². The van der Waals surface area contributed by atoms with E-state index in [9.17, 15) is 9.59 Å². The molecule has 3 aromatic heterocycles. The number of nitrogens with one attached hydrogen (secondary N) is 2. The summed E-state index contributed by atoms with van der Waals surface area (Å²) in [6, 6.07) is 16.8. The molecule has 0 fully saturated rings. The van der Waals surface area contributed by atoms with Crippen molar-refractivity contribution in [3.05, 3.63) is 70.6 Å². The second-order valence-corrected chi connectivity index (χ2v) is 9.27. The summed E-state index contributed by atoms with van der Waals surface area (Å²) in [5.74, 6) is 1.41. The Morgan fingerprint density at radius 1 is 1.12 bits per heavy atom. The average molecular weight is 463 g/mol. The molecular formula is C22H18N6O2S2. The number of aromatic nitrogens is 5. The Kier molecular flexibility index (Phi) is 5.46.